The first-order valence-corrected chi connectivity index (χ1v) is 11.0. The Labute approximate surface area is 206 Å². The van der Waals surface area contributed by atoms with Crippen molar-refractivity contribution in [2.45, 2.75) is 0 Å². The van der Waals surface area contributed by atoms with Gasteiger partial charge in [-0.15, -0.1) is 0 Å². The number of rotatable bonds is 6. The minimum absolute atomic E-state index is 0. The second kappa shape index (κ2) is 10.5. The number of hydrogen-bond acceptors (Lipinski definition) is 3. The second-order valence-corrected chi connectivity index (χ2v) is 8.06. The van der Waals surface area contributed by atoms with Crippen LogP contribution in [-0.2, 0) is 11.8 Å². The van der Waals surface area contributed by atoms with Gasteiger partial charge in [-0.05, 0) is 23.8 Å². The molecule has 32 heavy (non-hydrogen) atoms. The number of aromatic amines is 1. The molecule has 0 unspecified atom stereocenters. The molecule has 0 saturated carbocycles. The molecule has 0 spiro atoms. The lowest BCUT2D eigenvalue weighted by atomic mass is 10.1. The molecular weight excluding hydrogens is 511 g/mol. The molecular formula is C26H29IN4O. The average molecular weight is 540 g/mol. The van der Waals surface area contributed by atoms with Gasteiger partial charge in [-0.3, -0.25) is 4.90 Å². The third-order valence-electron chi connectivity index (χ3n) is 6.14. The van der Waals surface area contributed by atoms with Crippen molar-refractivity contribution in [3.63, 3.8) is 0 Å². The zero-order valence-electron chi connectivity index (χ0n) is 18.4. The fourth-order valence-corrected chi connectivity index (χ4v) is 4.34. The first-order chi connectivity index (χ1) is 15.3. The zero-order chi connectivity index (χ0) is 21.0. The van der Waals surface area contributed by atoms with E-state index in [-0.39, 0.29) is 24.0 Å². The van der Waals surface area contributed by atoms with E-state index in [0.717, 1.165) is 50.6 Å². The summed E-state index contributed by atoms with van der Waals surface area (Å²) in [7, 11) is 2.13. The van der Waals surface area contributed by atoms with Gasteiger partial charge in [0.25, 0.3) is 0 Å². The van der Waals surface area contributed by atoms with E-state index < -0.39 is 0 Å². The highest BCUT2D eigenvalue weighted by atomic mass is 127. The van der Waals surface area contributed by atoms with E-state index in [2.05, 4.69) is 99.8 Å². The number of anilines is 1. The predicted molar refractivity (Wildman–Crippen MR) is 128 cm³/mol. The standard InChI is InChI=1S/C26H28N4O.HI/c1-29-21(11-10-20-19-28-24-8-4-2-6-22(20)24)18-25(23-7-3-5-9-26(23)29)27-12-13-30-14-16-31-17-15-30;/h2-11,18-19H,12-17H2,1H3,(H,27,28);1H. The molecule has 0 radical (unpaired) electrons. The Balaban J connectivity index is 0.00000245. The fourth-order valence-electron chi connectivity index (χ4n) is 4.34. The SMILES string of the molecule is C[n+]1c(/C=C/c2c[nH]c3ccccc23)cc(NCCN2CCOCC2)c2ccccc21.[I-]. The van der Waals surface area contributed by atoms with Crippen molar-refractivity contribution in [1.82, 2.24) is 9.88 Å². The molecule has 0 atom stereocenters. The number of benzene rings is 2. The molecule has 166 valence electrons. The van der Waals surface area contributed by atoms with Gasteiger partial charge in [-0.1, -0.05) is 30.3 Å². The molecule has 2 N–H and O–H groups in total. The normalized spacial score (nSPS) is 14.8. The zero-order valence-corrected chi connectivity index (χ0v) is 20.5. The summed E-state index contributed by atoms with van der Waals surface area (Å²) in [6.45, 7) is 5.66. The third-order valence-corrected chi connectivity index (χ3v) is 6.14. The third kappa shape index (κ3) is 4.82. The Morgan fingerprint density at radius 2 is 1.78 bits per heavy atom. The average Bonchev–Trinajstić information content (AvgIpc) is 3.24. The number of hydrogen-bond donors (Lipinski definition) is 2. The van der Waals surface area contributed by atoms with E-state index in [1.165, 1.54) is 27.5 Å². The summed E-state index contributed by atoms with van der Waals surface area (Å²) in [5.74, 6) is 0. The Morgan fingerprint density at radius 1 is 1.03 bits per heavy atom. The quantitative estimate of drug-likeness (QED) is 0.284. The molecule has 1 aliphatic rings. The van der Waals surface area contributed by atoms with Gasteiger partial charge >= 0.3 is 0 Å². The van der Waals surface area contributed by atoms with Crippen LogP contribution in [0.25, 0.3) is 34.0 Å². The number of halogens is 1. The van der Waals surface area contributed by atoms with Crippen LogP contribution in [0.1, 0.15) is 11.3 Å². The highest BCUT2D eigenvalue weighted by Gasteiger charge is 2.15. The molecule has 0 amide bonds. The highest BCUT2D eigenvalue weighted by molar-refractivity contribution is 5.93. The smallest absolute Gasteiger partial charge is 0.214 e. The first-order valence-electron chi connectivity index (χ1n) is 11.0. The molecule has 2 aromatic heterocycles. The number of fused-ring (bicyclic) bond motifs is 2. The van der Waals surface area contributed by atoms with E-state index in [9.17, 15) is 0 Å². The number of aryl methyl sites for hydroxylation is 1. The molecule has 4 aromatic rings. The number of pyridine rings is 1. The maximum absolute atomic E-state index is 5.46. The second-order valence-electron chi connectivity index (χ2n) is 8.06. The van der Waals surface area contributed by atoms with Crippen molar-refractivity contribution in [3.8, 4) is 0 Å². The molecule has 1 saturated heterocycles. The lowest BCUT2D eigenvalue weighted by molar-refractivity contribution is -0.646. The van der Waals surface area contributed by atoms with Crippen LogP contribution >= 0.6 is 0 Å². The molecule has 5 nitrogen and oxygen atoms in total. The number of H-pyrrole nitrogens is 1. The van der Waals surface area contributed by atoms with Crippen molar-refractivity contribution < 1.29 is 33.3 Å². The van der Waals surface area contributed by atoms with Crippen molar-refractivity contribution in [2.24, 2.45) is 7.05 Å². The van der Waals surface area contributed by atoms with Crippen molar-refractivity contribution in [2.75, 3.05) is 44.7 Å². The van der Waals surface area contributed by atoms with Gasteiger partial charge in [0, 0.05) is 61.5 Å². The van der Waals surface area contributed by atoms with Crippen molar-refractivity contribution >= 4 is 39.6 Å². The van der Waals surface area contributed by atoms with Gasteiger partial charge in [0.05, 0.1) is 24.3 Å². The van der Waals surface area contributed by atoms with Crippen LogP contribution < -0.4 is 33.9 Å². The molecule has 1 aliphatic heterocycles. The predicted octanol–water partition coefficient (Wildman–Crippen LogP) is 1.06. The summed E-state index contributed by atoms with van der Waals surface area (Å²) >= 11 is 0. The van der Waals surface area contributed by atoms with Crippen LogP contribution in [-0.4, -0.2) is 49.3 Å². The lowest BCUT2D eigenvalue weighted by Crippen LogP contribution is -3.00. The molecule has 0 bridgehead atoms. The van der Waals surface area contributed by atoms with Gasteiger partial charge < -0.3 is 39.0 Å². The molecule has 6 heteroatoms. The van der Waals surface area contributed by atoms with Gasteiger partial charge in [0.1, 0.15) is 7.05 Å². The summed E-state index contributed by atoms with van der Waals surface area (Å²) in [4.78, 5) is 5.81. The van der Waals surface area contributed by atoms with Crippen LogP contribution in [0.15, 0.2) is 60.8 Å². The summed E-state index contributed by atoms with van der Waals surface area (Å²) in [6.07, 6.45) is 6.47. The first kappa shape index (κ1) is 22.8. The summed E-state index contributed by atoms with van der Waals surface area (Å²) < 4.78 is 7.72. The summed E-state index contributed by atoms with van der Waals surface area (Å²) in [5, 5.41) is 6.18. The van der Waals surface area contributed by atoms with Gasteiger partial charge in [-0.25, -0.2) is 0 Å². The summed E-state index contributed by atoms with van der Waals surface area (Å²) in [5.41, 5.74) is 5.93. The molecule has 0 aliphatic carbocycles. The Hall–Kier alpha value is -2.42. The Bertz CT molecular complexity index is 1230. The monoisotopic (exact) mass is 540 g/mol. The highest BCUT2D eigenvalue weighted by Crippen LogP contribution is 2.24. The fraction of sp³-hybridized carbons (Fsp3) is 0.269. The van der Waals surface area contributed by atoms with E-state index in [1.807, 2.05) is 0 Å². The van der Waals surface area contributed by atoms with E-state index in [0.29, 0.717) is 0 Å². The topological polar surface area (TPSA) is 44.2 Å². The minimum atomic E-state index is 0. The number of morpholine rings is 1. The maximum Gasteiger partial charge on any atom is 0.214 e. The van der Waals surface area contributed by atoms with Crippen LogP contribution in [0, 0.1) is 0 Å². The van der Waals surface area contributed by atoms with Crippen LogP contribution in [0.2, 0.25) is 0 Å². The van der Waals surface area contributed by atoms with Gasteiger partial charge in [0.2, 0.25) is 11.2 Å². The van der Waals surface area contributed by atoms with Crippen molar-refractivity contribution in [1.29, 1.82) is 0 Å². The molecule has 2 aromatic carbocycles. The Morgan fingerprint density at radius 3 is 2.62 bits per heavy atom. The maximum atomic E-state index is 5.46. The number of ether oxygens (including phenoxy) is 1. The van der Waals surface area contributed by atoms with Crippen LogP contribution in [0.4, 0.5) is 5.69 Å². The number of nitrogens with one attached hydrogen (secondary N) is 2. The summed E-state index contributed by atoms with van der Waals surface area (Å²) in [6, 6.07) is 19.3. The largest absolute Gasteiger partial charge is 1.00 e. The molecule has 5 rings (SSSR count). The Kier molecular flexibility index (Phi) is 7.44. The minimum Gasteiger partial charge on any atom is -1.00 e. The lowest BCUT2D eigenvalue weighted by Gasteiger charge is -2.26. The van der Waals surface area contributed by atoms with Gasteiger partial charge in [-0.2, -0.15) is 4.57 Å². The van der Waals surface area contributed by atoms with Crippen LogP contribution in [0.3, 0.4) is 0 Å². The van der Waals surface area contributed by atoms with Crippen molar-refractivity contribution in [3.05, 3.63) is 72.1 Å². The van der Waals surface area contributed by atoms with E-state index >= 15 is 0 Å². The van der Waals surface area contributed by atoms with E-state index in [4.69, 9.17) is 4.74 Å². The van der Waals surface area contributed by atoms with E-state index in [1.54, 1.807) is 0 Å². The molecule has 3 heterocycles. The number of para-hydroxylation sites is 2. The van der Waals surface area contributed by atoms with Gasteiger partial charge in [0.15, 0.2) is 0 Å². The number of nitrogens with zero attached hydrogens (tertiary/aromatic N) is 2. The van der Waals surface area contributed by atoms with Crippen LogP contribution in [0.5, 0.6) is 0 Å². The number of aromatic nitrogens is 2. The molecule has 1 fully saturated rings.